The average Bonchev–Trinajstić information content (AvgIpc) is 3.41. The van der Waals surface area contributed by atoms with Crippen LogP contribution in [0.4, 0.5) is 0 Å². The van der Waals surface area contributed by atoms with Crippen LogP contribution in [0.2, 0.25) is 5.02 Å². The van der Waals surface area contributed by atoms with E-state index in [9.17, 15) is 19.8 Å². The molecule has 1 saturated heterocycles. The minimum atomic E-state index is -0.841. The molecule has 2 fully saturated rings. The van der Waals surface area contributed by atoms with E-state index in [0.717, 1.165) is 25.7 Å². The van der Waals surface area contributed by atoms with Crippen LogP contribution in [0.1, 0.15) is 42.9 Å². The lowest BCUT2D eigenvalue weighted by Crippen LogP contribution is -2.37. The van der Waals surface area contributed by atoms with Crippen molar-refractivity contribution in [2.75, 3.05) is 14.2 Å². The summed E-state index contributed by atoms with van der Waals surface area (Å²) in [6, 6.07) is 8.42. The lowest BCUT2D eigenvalue weighted by atomic mass is 9.94. The van der Waals surface area contributed by atoms with Crippen molar-refractivity contribution in [1.29, 1.82) is 0 Å². The quantitative estimate of drug-likeness (QED) is 0.392. The van der Waals surface area contributed by atoms with Gasteiger partial charge in [-0.15, -0.1) is 0 Å². The van der Waals surface area contributed by atoms with Gasteiger partial charge in [-0.05, 0) is 48.7 Å². The summed E-state index contributed by atoms with van der Waals surface area (Å²) in [5.74, 6) is -1.10. The number of aliphatic hydroxyl groups excluding tert-OH is 1. The summed E-state index contributed by atoms with van der Waals surface area (Å²) >= 11 is 6.15. The fourth-order valence-electron chi connectivity index (χ4n) is 4.57. The Morgan fingerprint density at radius 3 is 2.41 bits per heavy atom. The Labute approximate surface area is 190 Å². The lowest BCUT2D eigenvalue weighted by molar-refractivity contribution is -0.141. The van der Waals surface area contributed by atoms with E-state index >= 15 is 0 Å². The number of rotatable bonds is 5. The molecule has 168 valence electrons. The minimum Gasteiger partial charge on any atom is -0.507 e. The van der Waals surface area contributed by atoms with Crippen LogP contribution in [0.15, 0.2) is 42.0 Å². The molecule has 32 heavy (non-hydrogen) atoms. The highest BCUT2D eigenvalue weighted by atomic mass is 35.5. The van der Waals surface area contributed by atoms with Gasteiger partial charge in [0.25, 0.3) is 11.7 Å². The second-order valence-electron chi connectivity index (χ2n) is 7.92. The maximum Gasteiger partial charge on any atom is 0.295 e. The van der Waals surface area contributed by atoms with Gasteiger partial charge < -0.3 is 24.6 Å². The van der Waals surface area contributed by atoms with Crippen LogP contribution in [0, 0.1) is 0 Å². The summed E-state index contributed by atoms with van der Waals surface area (Å²) in [6.45, 7) is 0. The zero-order valence-electron chi connectivity index (χ0n) is 17.8. The third-order valence-corrected chi connectivity index (χ3v) is 6.45. The number of carbonyl (C=O) groups excluding carboxylic acids is 2. The summed E-state index contributed by atoms with van der Waals surface area (Å²) in [6.07, 6.45) is 3.47. The Kier molecular flexibility index (Phi) is 6.02. The first kappa shape index (κ1) is 22.0. The number of hydrogen-bond acceptors (Lipinski definition) is 6. The van der Waals surface area contributed by atoms with Crippen molar-refractivity contribution in [3.63, 3.8) is 0 Å². The molecule has 1 amide bonds. The van der Waals surface area contributed by atoms with E-state index in [-0.39, 0.29) is 33.7 Å². The molecule has 2 aliphatic rings. The number of aromatic hydroxyl groups is 1. The molecule has 1 unspecified atom stereocenters. The maximum absolute atomic E-state index is 13.2. The molecule has 7 nitrogen and oxygen atoms in total. The fraction of sp³-hybridized carbons (Fsp3) is 0.333. The number of methoxy groups -OCH3 is 2. The van der Waals surface area contributed by atoms with E-state index in [1.165, 1.54) is 26.4 Å². The summed E-state index contributed by atoms with van der Waals surface area (Å²) in [4.78, 5) is 27.9. The monoisotopic (exact) mass is 457 g/mol. The van der Waals surface area contributed by atoms with Gasteiger partial charge in [0, 0.05) is 6.04 Å². The number of phenolic OH excluding ortho intramolecular Hbond substituents is 1. The second-order valence-corrected chi connectivity index (χ2v) is 8.33. The van der Waals surface area contributed by atoms with Gasteiger partial charge in [0.15, 0.2) is 0 Å². The molecule has 0 aromatic heterocycles. The van der Waals surface area contributed by atoms with E-state index < -0.39 is 17.7 Å². The van der Waals surface area contributed by atoms with Gasteiger partial charge in [-0.2, -0.15) is 0 Å². The summed E-state index contributed by atoms with van der Waals surface area (Å²) < 4.78 is 10.6. The van der Waals surface area contributed by atoms with Gasteiger partial charge in [0.1, 0.15) is 23.0 Å². The third kappa shape index (κ3) is 3.66. The first-order chi connectivity index (χ1) is 15.4. The number of aliphatic hydroxyl groups is 1. The number of halogens is 1. The van der Waals surface area contributed by atoms with Crippen LogP contribution in [-0.4, -0.2) is 47.1 Å². The number of ether oxygens (including phenoxy) is 2. The van der Waals surface area contributed by atoms with E-state index in [1.54, 1.807) is 29.2 Å². The zero-order chi connectivity index (χ0) is 23.0. The molecule has 1 aliphatic carbocycles. The van der Waals surface area contributed by atoms with E-state index in [1.807, 2.05) is 0 Å². The van der Waals surface area contributed by atoms with E-state index in [0.29, 0.717) is 17.1 Å². The van der Waals surface area contributed by atoms with E-state index in [4.69, 9.17) is 21.1 Å². The van der Waals surface area contributed by atoms with Crippen LogP contribution >= 0.6 is 11.6 Å². The normalized spacial score (nSPS) is 20.7. The second kappa shape index (κ2) is 8.74. The molecular weight excluding hydrogens is 434 g/mol. The van der Waals surface area contributed by atoms with Crippen molar-refractivity contribution in [2.45, 2.75) is 37.8 Å². The predicted molar refractivity (Wildman–Crippen MR) is 119 cm³/mol. The van der Waals surface area contributed by atoms with Gasteiger partial charge >= 0.3 is 0 Å². The van der Waals surface area contributed by atoms with Crippen LogP contribution in [0.3, 0.4) is 0 Å². The summed E-state index contributed by atoms with van der Waals surface area (Å²) in [7, 11) is 2.94. The lowest BCUT2D eigenvalue weighted by Gasteiger charge is -2.31. The molecule has 2 aromatic rings. The number of carbonyl (C=O) groups is 2. The molecule has 0 radical (unpaired) electrons. The molecule has 4 rings (SSSR count). The number of hydrogen-bond donors (Lipinski definition) is 2. The van der Waals surface area contributed by atoms with Gasteiger partial charge in [-0.3, -0.25) is 9.59 Å². The Hall–Kier alpha value is -3.19. The van der Waals surface area contributed by atoms with Crippen LogP contribution < -0.4 is 9.47 Å². The van der Waals surface area contributed by atoms with Crippen molar-refractivity contribution in [2.24, 2.45) is 0 Å². The van der Waals surface area contributed by atoms with Crippen LogP contribution in [-0.2, 0) is 9.59 Å². The smallest absolute Gasteiger partial charge is 0.295 e. The molecule has 2 aromatic carbocycles. The highest BCUT2D eigenvalue weighted by Gasteiger charge is 2.49. The zero-order valence-corrected chi connectivity index (χ0v) is 18.6. The average molecular weight is 458 g/mol. The topological polar surface area (TPSA) is 96.3 Å². The molecule has 0 spiro atoms. The fourth-order valence-corrected chi connectivity index (χ4v) is 4.76. The number of amides is 1. The molecule has 1 atom stereocenters. The number of nitrogens with zero attached hydrogens (tertiary/aromatic N) is 1. The molecule has 1 aliphatic heterocycles. The Balaban J connectivity index is 1.94. The number of phenols is 1. The van der Waals surface area contributed by atoms with Crippen molar-refractivity contribution < 1.29 is 29.3 Å². The highest BCUT2D eigenvalue weighted by molar-refractivity contribution is 6.46. The summed E-state index contributed by atoms with van der Waals surface area (Å²) in [5, 5.41) is 21.3. The molecule has 0 bridgehead atoms. The maximum atomic E-state index is 13.2. The first-order valence-corrected chi connectivity index (χ1v) is 10.8. The van der Waals surface area contributed by atoms with Crippen molar-refractivity contribution in [3.05, 3.63) is 58.1 Å². The van der Waals surface area contributed by atoms with Crippen molar-refractivity contribution >= 4 is 29.1 Å². The number of Topliss-reactive ketones (excluding diaryl/α,β-unsaturated/α-hetero) is 1. The Morgan fingerprint density at radius 2 is 1.78 bits per heavy atom. The minimum absolute atomic E-state index is 0.0461. The summed E-state index contributed by atoms with van der Waals surface area (Å²) in [5.41, 5.74) is 0.726. The Bertz CT molecular complexity index is 1110. The van der Waals surface area contributed by atoms with Crippen molar-refractivity contribution in [3.8, 4) is 17.2 Å². The van der Waals surface area contributed by atoms with Crippen LogP contribution in [0.5, 0.6) is 17.2 Å². The molecule has 1 saturated carbocycles. The Morgan fingerprint density at radius 1 is 1.06 bits per heavy atom. The molecule has 2 N–H and O–H groups in total. The van der Waals surface area contributed by atoms with Crippen LogP contribution in [0.25, 0.3) is 5.76 Å². The molecule has 1 heterocycles. The SMILES string of the molecule is COc1ccc(OC)c(/C(O)=C2\C(=O)C(=O)N(C3CCCC3)C2c2ccc(O)c(Cl)c2)c1. The highest BCUT2D eigenvalue weighted by Crippen LogP contribution is 2.45. The standard InChI is InChI=1S/C24H24ClNO6/c1-31-15-8-10-19(32-2)16(12-15)22(28)20-21(13-7-9-18(27)17(25)11-13)26(24(30)23(20)29)14-5-3-4-6-14/h7-12,14,21,27-28H,3-6H2,1-2H3/b22-20+. The largest absolute Gasteiger partial charge is 0.507 e. The number of ketones is 1. The third-order valence-electron chi connectivity index (χ3n) is 6.15. The number of benzene rings is 2. The first-order valence-electron chi connectivity index (χ1n) is 10.4. The molecular formula is C24H24ClNO6. The molecule has 8 heteroatoms. The number of likely N-dealkylation sites (tertiary alicyclic amines) is 1. The van der Waals surface area contributed by atoms with Gasteiger partial charge in [0.05, 0.1) is 36.4 Å². The predicted octanol–water partition coefficient (Wildman–Crippen LogP) is 4.43. The van der Waals surface area contributed by atoms with E-state index in [2.05, 4.69) is 0 Å². The van der Waals surface area contributed by atoms with Gasteiger partial charge in [-0.1, -0.05) is 30.5 Å². The van der Waals surface area contributed by atoms with Gasteiger partial charge in [-0.25, -0.2) is 0 Å². The van der Waals surface area contributed by atoms with Gasteiger partial charge in [0.2, 0.25) is 0 Å². The van der Waals surface area contributed by atoms with Crippen molar-refractivity contribution in [1.82, 2.24) is 4.90 Å².